The van der Waals surface area contributed by atoms with E-state index in [1.807, 2.05) is 89.2 Å². The number of benzene rings is 4. The van der Waals surface area contributed by atoms with Gasteiger partial charge in [0.05, 0.1) is 17.2 Å². The highest BCUT2D eigenvalue weighted by Crippen LogP contribution is 2.28. The van der Waals surface area contributed by atoms with Crippen LogP contribution in [0.3, 0.4) is 0 Å². The van der Waals surface area contributed by atoms with Crippen molar-refractivity contribution in [1.82, 2.24) is 10.2 Å². The van der Waals surface area contributed by atoms with Crippen LogP contribution in [0.15, 0.2) is 108 Å². The molecule has 0 radical (unpaired) electrons. The normalized spacial score (nSPS) is 12.2. The summed E-state index contributed by atoms with van der Waals surface area (Å²) in [5.41, 5.74) is 2.34. The Morgan fingerprint density at radius 1 is 0.872 bits per heavy atom. The number of aryl methyl sites for hydroxylation is 1. The lowest BCUT2D eigenvalue weighted by Crippen LogP contribution is -2.56. The standard InChI is InChI=1S/C37H42ClN3O5S/c1-6-46-32-20-18-31(19-21-32)41(47(44,45)33-22-16-30(38)17-23-33)26-35(42)40(25-29-15-11-10-12-27(29)2)34(36(43)39-37(3,4)5)24-28-13-8-7-9-14-28/h7-23,34H,6,24-26H2,1-5H3,(H,39,43)/t34-/m1/s1. The summed E-state index contributed by atoms with van der Waals surface area (Å²) < 4.78 is 35.1. The number of hydrogen-bond acceptors (Lipinski definition) is 5. The van der Waals surface area contributed by atoms with Gasteiger partial charge in [0, 0.05) is 23.5 Å². The average Bonchev–Trinajstić information content (AvgIpc) is 3.02. The SMILES string of the molecule is CCOc1ccc(N(CC(=O)N(Cc2ccccc2C)[C@H](Cc2ccccc2)C(=O)NC(C)(C)C)S(=O)(=O)c2ccc(Cl)cc2)cc1. The summed E-state index contributed by atoms with van der Waals surface area (Å²) in [4.78, 5) is 30.1. The van der Waals surface area contributed by atoms with Gasteiger partial charge in [-0.25, -0.2) is 8.42 Å². The molecule has 0 aromatic heterocycles. The molecule has 0 saturated heterocycles. The van der Waals surface area contributed by atoms with E-state index in [4.69, 9.17) is 16.3 Å². The molecule has 47 heavy (non-hydrogen) atoms. The second kappa shape index (κ2) is 15.5. The van der Waals surface area contributed by atoms with Crippen LogP contribution in [0.5, 0.6) is 5.75 Å². The number of carbonyl (C=O) groups is 2. The maximum Gasteiger partial charge on any atom is 0.264 e. The molecule has 0 unspecified atom stereocenters. The van der Waals surface area contributed by atoms with Crippen LogP contribution in [0, 0.1) is 6.92 Å². The molecule has 248 valence electrons. The topological polar surface area (TPSA) is 96.0 Å². The lowest BCUT2D eigenvalue weighted by molar-refractivity contribution is -0.140. The van der Waals surface area contributed by atoms with Crippen LogP contribution in [0.25, 0.3) is 0 Å². The Morgan fingerprint density at radius 3 is 2.09 bits per heavy atom. The van der Waals surface area contributed by atoms with E-state index < -0.39 is 34.1 Å². The summed E-state index contributed by atoms with van der Waals surface area (Å²) in [6, 6.07) is 28.5. The zero-order chi connectivity index (χ0) is 34.2. The van der Waals surface area contributed by atoms with Gasteiger partial charge in [0.2, 0.25) is 11.8 Å². The fraction of sp³-hybridized carbons (Fsp3) is 0.297. The minimum absolute atomic E-state index is 0.0275. The molecule has 0 heterocycles. The molecule has 0 aliphatic carbocycles. The summed E-state index contributed by atoms with van der Waals surface area (Å²) in [7, 11) is -4.25. The molecule has 1 atom stereocenters. The number of rotatable bonds is 13. The van der Waals surface area contributed by atoms with Crippen LogP contribution in [0.1, 0.15) is 44.4 Å². The summed E-state index contributed by atoms with van der Waals surface area (Å²) in [6.07, 6.45) is 0.230. The summed E-state index contributed by atoms with van der Waals surface area (Å²) in [6.45, 7) is 9.42. The number of sulfonamides is 1. The zero-order valence-electron chi connectivity index (χ0n) is 27.4. The molecule has 1 N–H and O–H groups in total. The number of halogens is 1. The van der Waals surface area contributed by atoms with Crippen LogP contribution in [-0.2, 0) is 32.6 Å². The fourth-order valence-electron chi connectivity index (χ4n) is 5.12. The molecule has 0 saturated carbocycles. The highest BCUT2D eigenvalue weighted by molar-refractivity contribution is 7.92. The molecule has 0 fully saturated rings. The lowest BCUT2D eigenvalue weighted by Gasteiger charge is -2.35. The molecular formula is C37H42ClN3O5S. The lowest BCUT2D eigenvalue weighted by atomic mass is 10.00. The third-order valence-corrected chi connectivity index (χ3v) is 9.53. The Bertz CT molecular complexity index is 1760. The van der Waals surface area contributed by atoms with Crippen molar-refractivity contribution in [1.29, 1.82) is 0 Å². The molecule has 4 aromatic carbocycles. The first kappa shape index (κ1) is 35.5. The first-order chi connectivity index (χ1) is 22.3. The van der Waals surface area contributed by atoms with Crippen molar-refractivity contribution >= 4 is 39.1 Å². The monoisotopic (exact) mass is 675 g/mol. The smallest absolute Gasteiger partial charge is 0.264 e. The van der Waals surface area contributed by atoms with Gasteiger partial charge >= 0.3 is 0 Å². The quantitative estimate of drug-likeness (QED) is 0.168. The molecule has 4 rings (SSSR count). The van der Waals surface area contributed by atoms with Crippen molar-refractivity contribution in [3.05, 3.63) is 125 Å². The van der Waals surface area contributed by atoms with Gasteiger partial charge in [-0.15, -0.1) is 0 Å². The number of ether oxygens (including phenoxy) is 1. The second-order valence-electron chi connectivity index (χ2n) is 12.3. The van der Waals surface area contributed by atoms with Crippen LogP contribution in [0.2, 0.25) is 5.02 Å². The van der Waals surface area contributed by atoms with Crippen molar-refractivity contribution in [2.45, 2.75) is 64.1 Å². The van der Waals surface area contributed by atoms with E-state index >= 15 is 0 Å². The zero-order valence-corrected chi connectivity index (χ0v) is 29.0. The van der Waals surface area contributed by atoms with E-state index in [1.54, 1.807) is 24.3 Å². The largest absolute Gasteiger partial charge is 0.494 e. The Kier molecular flexibility index (Phi) is 11.7. The van der Waals surface area contributed by atoms with Crippen LogP contribution in [0.4, 0.5) is 5.69 Å². The van der Waals surface area contributed by atoms with Gasteiger partial charge in [0.25, 0.3) is 10.0 Å². The summed E-state index contributed by atoms with van der Waals surface area (Å²) in [5.74, 6) is -0.310. The fourth-order valence-corrected chi connectivity index (χ4v) is 6.66. The minimum Gasteiger partial charge on any atom is -0.494 e. The minimum atomic E-state index is -4.25. The van der Waals surface area contributed by atoms with E-state index in [-0.39, 0.29) is 29.5 Å². The highest BCUT2D eigenvalue weighted by Gasteiger charge is 2.35. The van der Waals surface area contributed by atoms with E-state index in [1.165, 1.54) is 29.2 Å². The van der Waals surface area contributed by atoms with Crippen molar-refractivity contribution in [3.63, 3.8) is 0 Å². The Labute approximate surface area is 283 Å². The second-order valence-corrected chi connectivity index (χ2v) is 14.6. The predicted molar refractivity (Wildman–Crippen MR) is 187 cm³/mol. The Balaban J connectivity index is 1.82. The summed E-state index contributed by atoms with van der Waals surface area (Å²) >= 11 is 6.08. The molecule has 10 heteroatoms. The van der Waals surface area contributed by atoms with Crippen LogP contribution in [-0.4, -0.2) is 49.9 Å². The third kappa shape index (κ3) is 9.59. The van der Waals surface area contributed by atoms with Crippen molar-refractivity contribution in [2.24, 2.45) is 0 Å². The van der Waals surface area contributed by atoms with E-state index in [0.717, 1.165) is 21.0 Å². The van der Waals surface area contributed by atoms with Gasteiger partial charge in [-0.1, -0.05) is 66.2 Å². The Morgan fingerprint density at radius 2 is 1.49 bits per heavy atom. The van der Waals surface area contributed by atoms with Gasteiger partial charge in [0.1, 0.15) is 18.3 Å². The van der Waals surface area contributed by atoms with E-state index in [9.17, 15) is 18.0 Å². The van der Waals surface area contributed by atoms with Gasteiger partial charge in [-0.2, -0.15) is 0 Å². The highest BCUT2D eigenvalue weighted by atomic mass is 35.5. The van der Waals surface area contributed by atoms with Gasteiger partial charge < -0.3 is 15.0 Å². The van der Waals surface area contributed by atoms with Crippen LogP contribution >= 0.6 is 11.6 Å². The van der Waals surface area contributed by atoms with Crippen molar-refractivity contribution in [3.8, 4) is 5.75 Å². The number of nitrogens with zero attached hydrogens (tertiary/aromatic N) is 2. The van der Waals surface area contributed by atoms with Crippen LogP contribution < -0.4 is 14.4 Å². The molecule has 0 aliphatic rings. The van der Waals surface area contributed by atoms with Gasteiger partial charge in [0.15, 0.2) is 0 Å². The maximum atomic E-state index is 14.6. The average molecular weight is 676 g/mol. The predicted octanol–water partition coefficient (Wildman–Crippen LogP) is 6.80. The number of amides is 2. The number of carbonyl (C=O) groups excluding carboxylic acids is 2. The van der Waals surface area contributed by atoms with Gasteiger partial charge in [-0.05, 0) is 99.8 Å². The van der Waals surface area contributed by atoms with E-state index in [2.05, 4.69) is 5.32 Å². The molecule has 4 aromatic rings. The third-order valence-electron chi connectivity index (χ3n) is 7.49. The van der Waals surface area contributed by atoms with E-state index in [0.29, 0.717) is 17.4 Å². The molecule has 0 bridgehead atoms. The molecule has 8 nitrogen and oxygen atoms in total. The first-order valence-electron chi connectivity index (χ1n) is 15.5. The van der Waals surface area contributed by atoms with Crippen molar-refractivity contribution < 1.29 is 22.7 Å². The Hall–Kier alpha value is -4.34. The van der Waals surface area contributed by atoms with Gasteiger partial charge in [-0.3, -0.25) is 13.9 Å². The first-order valence-corrected chi connectivity index (χ1v) is 17.3. The summed E-state index contributed by atoms with van der Waals surface area (Å²) in [5, 5.41) is 3.43. The number of hydrogen-bond donors (Lipinski definition) is 1. The molecular weight excluding hydrogens is 634 g/mol. The molecule has 0 spiro atoms. The number of anilines is 1. The number of nitrogens with one attached hydrogen (secondary N) is 1. The molecule has 0 aliphatic heterocycles. The molecule has 2 amide bonds. The van der Waals surface area contributed by atoms with Crippen molar-refractivity contribution in [2.75, 3.05) is 17.5 Å². The maximum absolute atomic E-state index is 14.6.